The highest BCUT2D eigenvalue weighted by molar-refractivity contribution is 5.69. The molecule has 4 rings (SSSR count). The molecule has 39 heavy (non-hydrogen) atoms. The van der Waals surface area contributed by atoms with E-state index >= 15 is 0 Å². The molecular weight excluding hydrogens is 497 g/mol. The number of hydrogen-bond acceptors (Lipinski definition) is 5. The molecule has 2 fully saturated rings. The second-order valence-electron chi connectivity index (χ2n) is 12.4. The highest BCUT2D eigenvalue weighted by Crippen LogP contribution is 2.40. The summed E-state index contributed by atoms with van der Waals surface area (Å²) in [5.74, 6) is 0.630. The Morgan fingerprint density at radius 2 is 1.69 bits per heavy atom. The van der Waals surface area contributed by atoms with Crippen LogP contribution in [0.15, 0.2) is 42.5 Å². The van der Waals surface area contributed by atoms with E-state index in [0.717, 1.165) is 24.3 Å². The van der Waals surface area contributed by atoms with Crippen molar-refractivity contribution in [1.82, 2.24) is 5.32 Å². The molecule has 214 valence electrons. The van der Waals surface area contributed by atoms with E-state index < -0.39 is 29.7 Å². The van der Waals surface area contributed by atoms with Gasteiger partial charge in [-0.15, -0.1) is 0 Å². The number of carbonyl (C=O) groups excluding carboxylic acids is 1. The lowest BCUT2D eigenvalue weighted by molar-refractivity contribution is -0.271. The molecule has 1 aliphatic heterocycles. The summed E-state index contributed by atoms with van der Waals surface area (Å²) in [5, 5.41) is 2.99. The van der Waals surface area contributed by atoms with Gasteiger partial charge in [-0.1, -0.05) is 30.3 Å². The van der Waals surface area contributed by atoms with Crippen molar-refractivity contribution < 1.29 is 28.1 Å². The average Bonchev–Trinajstić information content (AvgIpc) is 3.72. The number of carbonyl (C=O) groups is 1. The van der Waals surface area contributed by atoms with Gasteiger partial charge in [0.25, 0.3) is 0 Å². The first-order valence-electron chi connectivity index (χ1n) is 14.1. The van der Waals surface area contributed by atoms with Gasteiger partial charge in [-0.3, -0.25) is 0 Å². The monoisotopic (exact) mass is 541 g/mol. The Labute approximate surface area is 232 Å². The van der Waals surface area contributed by atoms with Crippen LogP contribution in [-0.2, 0) is 33.7 Å². The third kappa shape index (κ3) is 8.94. The molecule has 7 heteroatoms. The number of hydrogen-bond donors (Lipinski definition) is 1. The molecule has 2 aliphatic rings. The van der Waals surface area contributed by atoms with Gasteiger partial charge in [0.15, 0.2) is 5.79 Å². The molecule has 6 nitrogen and oxygen atoms in total. The Bertz CT molecular complexity index is 1090. The van der Waals surface area contributed by atoms with Crippen LogP contribution in [0.4, 0.5) is 9.18 Å². The Morgan fingerprint density at radius 3 is 2.31 bits per heavy atom. The minimum absolute atomic E-state index is 0.291. The van der Waals surface area contributed by atoms with Crippen LogP contribution in [0, 0.1) is 0 Å². The van der Waals surface area contributed by atoms with E-state index in [-0.39, 0.29) is 0 Å². The number of alkyl halides is 1. The van der Waals surface area contributed by atoms with Crippen molar-refractivity contribution in [3.05, 3.63) is 64.7 Å². The van der Waals surface area contributed by atoms with Crippen LogP contribution >= 0.6 is 0 Å². The van der Waals surface area contributed by atoms with Crippen LogP contribution < -0.4 is 10.1 Å². The standard InChI is InChI=1S/C32H44FNO5/c1-30(2,3)39-29(35)34-32(21-37-31(4,5)38-22-32)17-16-24-10-15-28(27(19-24)20-33)36-18-6-7-23-8-11-25(12-9-23)26-13-14-26/h8-12,15,19,26H,6-7,13-14,16-18,20-22H2,1-5H3,(H,34,35). The largest absolute Gasteiger partial charge is 0.493 e. The molecule has 0 spiro atoms. The van der Waals surface area contributed by atoms with Crippen LogP contribution in [0.2, 0.25) is 0 Å². The fourth-order valence-corrected chi connectivity index (χ4v) is 4.76. The van der Waals surface area contributed by atoms with E-state index in [0.29, 0.717) is 44.0 Å². The zero-order valence-corrected chi connectivity index (χ0v) is 24.1. The first-order chi connectivity index (χ1) is 18.5. The fraction of sp³-hybridized carbons (Fsp3) is 0.594. The number of amides is 1. The van der Waals surface area contributed by atoms with Crippen LogP contribution in [0.1, 0.15) is 88.5 Å². The molecule has 1 heterocycles. The van der Waals surface area contributed by atoms with E-state index in [1.54, 1.807) is 0 Å². The third-order valence-electron chi connectivity index (χ3n) is 7.22. The molecule has 2 aromatic rings. The summed E-state index contributed by atoms with van der Waals surface area (Å²) in [6.07, 6.45) is 5.07. The smallest absolute Gasteiger partial charge is 0.408 e. The van der Waals surface area contributed by atoms with E-state index in [9.17, 15) is 9.18 Å². The number of halogens is 1. The van der Waals surface area contributed by atoms with E-state index in [1.165, 1.54) is 24.0 Å². The minimum atomic E-state index is -0.750. The number of nitrogens with one attached hydrogen (secondary N) is 1. The van der Waals surface area contributed by atoms with Crippen LogP contribution in [0.25, 0.3) is 0 Å². The summed E-state index contributed by atoms with van der Waals surface area (Å²) in [4.78, 5) is 12.6. The van der Waals surface area contributed by atoms with Crippen molar-refractivity contribution in [3.8, 4) is 5.75 Å². The van der Waals surface area contributed by atoms with Gasteiger partial charge in [0.05, 0.1) is 25.4 Å². The Hall–Kier alpha value is -2.64. The van der Waals surface area contributed by atoms with Gasteiger partial charge in [0.1, 0.15) is 18.0 Å². The first-order valence-corrected chi connectivity index (χ1v) is 14.1. The average molecular weight is 542 g/mol. The topological polar surface area (TPSA) is 66.0 Å². The molecule has 0 bridgehead atoms. The lowest BCUT2D eigenvalue weighted by Crippen LogP contribution is -2.61. The fourth-order valence-electron chi connectivity index (χ4n) is 4.76. The van der Waals surface area contributed by atoms with Crippen LogP contribution in [0.5, 0.6) is 5.75 Å². The van der Waals surface area contributed by atoms with Gasteiger partial charge in [0, 0.05) is 5.56 Å². The molecule has 0 radical (unpaired) electrons. The summed E-state index contributed by atoms with van der Waals surface area (Å²) in [7, 11) is 0. The molecule has 1 amide bonds. The maximum atomic E-state index is 13.9. The van der Waals surface area contributed by atoms with Gasteiger partial charge in [0.2, 0.25) is 0 Å². The molecule has 1 N–H and O–H groups in total. The lowest BCUT2D eigenvalue weighted by atomic mass is 9.91. The Balaban J connectivity index is 1.31. The number of ether oxygens (including phenoxy) is 4. The number of rotatable bonds is 11. The molecule has 1 aliphatic carbocycles. The van der Waals surface area contributed by atoms with Crippen molar-refractivity contribution in [2.45, 2.75) is 103 Å². The van der Waals surface area contributed by atoms with Gasteiger partial charge in [-0.25, -0.2) is 9.18 Å². The number of benzene rings is 2. The molecule has 1 saturated heterocycles. The highest BCUT2D eigenvalue weighted by atomic mass is 19.1. The molecule has 0 unspecified atom stereocenters. The second-order valence-corrected chi connectivity index (χ2v) is 12.4. The normalized spacial score (nSPS) is 18.4. The highest BCUT2D eigenvalue weighted by Gasteiger charge is 2.42. The zero-order chi connectivity index (χ0) is 28.1. The van der Waals surface area contributed by atoms with Gasteiger partial charge in [-0.2, -0.15) is 0 Å². The predicted molar refractivity (Wildman–Crippen MR) is 150 cm³/mol. The van der Waals surface area contributed by atoms with Crippen LogP contribution in [-0.4, -0.2) is 42.8 Å². The second kappa shape index (κ2) is 12.3. The lowest BCUT2D eigenvalue weighted by Gasteiger charge is -2.44. The van der Waals surface area contributed by atoms with Crippen molar-refractivity contribution in [2.24, 2.45) is 0 Å². The maximum Gasteiger partial charge on any atom is 0.408 e. The zero-order valence-electron chi connectivity index (χ0n) is 24.1. The van der Waals surface area contributed by atoms with E-state index in [2.05, 4.69) is 29.6 Å². The molecule has 0 atom stereocenters. The quantitative estimate of drug-likeness (QED) is 0.310. The number of alkyl carbamates (subject to hydrolysis) is 1. The summed E-state index contributed by atoms with van der Waals surface area (Å²) in [6.45, 7) is 9.68. The van der Waals surface area contributed by atoms with Crippen molar-refractivity contribution >= 4 is 6.09 Å². The number of aryl methyl sites for hydroxylation is 2. The van der Waals surface area contributed by atoms with Crippen LogP contribution in [0.3, 0.4) is 0 Å². The predicted octanol–water partition coefficient (Wildman–Crippen LogP) is 7.02. The Morgan fingerprint density at radius 1 is 1.03 bits per heavy atom. The maximum absolute atomic E-state index is 13.9. The molecule has 2 aromatic carbocycles. The molecular formula is C32H44FNO5. The van der Waals surface area contributed by atoms with Crippen molar-refractivity contribution in [2.75, 3.05) is 19.8 Å². The van der Waals surface area contributed by atoms with Gasteiger partial charge < -0.3 is 24.3 Å². The van der Waals surface area contributed by atoms with Crippen molar-refractivity contribution in [1.29, 1.82) is 0 Å². The summed E-state index contributed by atoms with van der Waals surface area (Å²) in [6, 6.07) is 14.6. The van der Waals surface area contributed by atoms with Gasteiger partial charge >= 0.3 is 6.09 Å². The summed E-state index contributed by atoms with van der Waals surface area (Å²) >= 11 is 0. The van der Waals surface area contributed by atoms with Gasteiger partial charge in [-0.05, 0) is 108 Å². The van der Waals surface area contributed by atoms with Crippen molar-refractivity contribution in [3.63, 3.8) is 0 Å². The Kier molecular flexibility index (Phi) is 9.22. The first kappa shape index (κ1) is 29.3. The molecule has 1 saturated carbocycles. The minimum Gasteiger partial charge on any atom is -0.493 e. The summed E-state index contributed by atoms with van der Waals surface area (Å²) in [5.41, 5.74) is 2.88. The van der Waals surface area contributed by atoms with E-state index in [1.807, 2.05) is 52.8 Å². The molecule has 0 aromatic heterocycles. The summed E-state index contributed by atoms with van der Waals surface area (Å²) < 4.78 is 37.2. The third-order valence-corrected chi connectivity index (χ3v) is 7.22. The SMILES string of the molecule is CC(C)(C)OC(=O)NC1(CCc2ccc(OCCCc3ccc(C4CC4)cc3)c(CF)c2)COC(C)(C)OC1. The van der Waals surface area contributed by atoms with E-state index in [4.69, 9.17) is 18.9 Å².